The lowest BCUT2D eigenvalue weighted by molar-refractivity contribution is -0.121. The second-order valence-corrected chi connectivity index (χ2v) is 9.84. The van der Waals surface area contributed by atoms with Crippen LogP contribution in [0.3, 0.4) is 0 Å². The van der Waals surface area contributed by atoms with E-state index < -0.39 is 11.5 Å². The Bertz CT molecular complexity index is 1480. The van der Waals surface area contributed by atoms with E-state index in [-0.39, 0.29) is 48.5 Å². The number of aromatic nitrogens is 2. The van der Waals surface area contributed by atoms with Gasteiger partial charge in [-0.3, -0.25) is 24.4 Å². The molecule has 1 aromatic heterocycles. The first kappa shape index (κ1) is 29.7. The molecule has 12 heteroatoms. The average molecular weight is 549 g/mol. The number of carbonyl (C=O) groups is 2. The molecule has 0 aliphatic carbocycles. The van der Waals surface area contributed by atoms with E-state index in [1.165, 1.54) is 16.8 Å². The maximum absolute atomic E-state index is 13.4. The normalized spacial score (nSPS) is 11.6. The van der Waals surface area contributed by atoms with Gasteiger partial charge >= 0.3 is 0 Å². The number of hydrogen-bond acceptors (Lipinski definition) is 8. The van der Waals surface area contributed by atoms with E-state index in [0.29, 0.717) is 33.6 Å². The van der Waals surface area contributed by atoms with Gasteiger partial charge in [-0.25, -0.2) is 4.98 Å². The van der Waals surface area contributed by atoms with Crippen LogP contribution in [0.2, 0.25) is 0 Å². The van der Waals surface area contributed by atoms with Crippen molar-refractivity contribution in [2.75, 3.05) is 11.1 Å². The van der Waals surface area contributed by atoms with Crippen LogP contribution in [0, 0.1) is 5.41 Å². The van der Waals surface area contributed by atoms with Crippen LogP contribution in [-0.2, 0) is 17.9 Å². The molecule has 3 rings (SSSR count). The van der Waals surface area contributed by atoms with Crippen molar-refractivity contribution in [1.29, 1.82) is 5.41 Å². The zero-order valence-corrected chi connectivity index (χ0v) is 23.0. The third-order valence-electron chi connectivity index (χ3n) is 6.16. The van der Waals surface area contributed by atoms with Crippen LogP contribution in [0.4, 0.5) is 11.5 Å². The third-order valence-corrected chi connectivity index (χ3v) is 6.16. The van der Waals surface area contributed by atoms with E-state index in [4.69, 9.17) is 16.9 Å². The fourth-order valence-corrected chi connectivity index (χ4v) is 3.86. The molecule has 0 saturated heterocycles. The minimum Gasteiger partial charge on any atom is -0.508 e. The minimum absolute atomic E-state index is 0.0205. The summed E-state index contributed by atoms with van der Waals surface area (Å²) in [6.07, 6.45) is 2.21. The summed E-state index contributed by atoms with van der Waals surface area (Å²) in [5.41, 5.74) is 13.2. The number of nitrogens with one attached hydrogen (secondary N) is 4. The number of nitrogen functional groups attached to an aromatic ring is 2. The van der Waals surface area contributed by atoms with E-state index >= 15 is 0 Å². The number of phenols is 1. The molecule has 0 unspecified atom stereocenters. The Morgan fingerprint density at radius 3 is 2.48 bits per heavy atom. The number of amides is 2. The number of carbonyl (C=O) groups excluding carboxylic acids is 2. The summed E-state index contributed by atoms with van der Waals surface area (Å²) in [4.78, 5) is 43.5. The molecule has 9 N–H and O–H groups in total. The number of hydrogen-bond donors (Lipinski definition) is 7. The first-order valence-corrected chi connectivity index (χ1v) is 12.9. The van der Waals surface area contributed by atoms with E-state index in [0.717, 1.165) is 6.42 Å². The third kappa shape index (κ3) is 7.37. The summed E-state index contributed by atoms with van der Waals surface area (Å²) in [6, 6.07) is 9.08. The maximum Gasteiger partial charge on any atom is 0.294 e. The number of amidine groups is 1. The zero-order valence-electron chi connectivity index (χ0n) is 23.0. The van der Waals surface area contributed by atoms with Crippen LogP contribution in [0.25, 0.3) is 11.3 Å². The summed E-state index contributed by atoms with van der Waals surface area (Å²) in [7, 11) is 0. The van der Waals surface area contributed by atoms with E-state index in [9.17, 15) is 19.5 Å². The van der Waals surface area contributed by atoms with Gasteiger partial charge in [-0.1, -0.05) is 19.1 Å². The Hall–Kier alpha value is -4.87. The summed E-state index contributed by atoms with van der Waals surface area (Å²) in [6.45, 7) is 7.18. The lowest BCUT2D eigenvalue weighted by Crippen LogP contribution is -2.35. The topological polar surface area (TPSA) is 201 Å². The maximum atomic E-state index is 13.4. The number of nitrogens with two attached hydrogens (primary N) is 2. The van der Waals surface area contributed by atoms with Gasteiger partial charge in [0.05, 0.1) is 11.9 Å². The van der Waals surface area contributed by atoms with Crippen LogP contribution in [-0.4, -0.2) is 44.4 Å². The van der Waals surface area contributed by atoms with Gasteiger partial charge in [0.15, 0.2) is 5.82 Å². The van der Waals surface area contributed by atoms with Crippen LogP contribution >= 0.6 is 0 Å². The highest BCUT2D eigenvalue weighted by Gasteiger charge is 2.18. The second-order valence-electron chi connectivity index (χ2n) is 9.84. The molecular formula is C28H36N8O4. The van der Waals surface area contributed by atoms with Crippen LogP contribution in [0.15, 0.2) is 47.4 Å². The van der Waals surface area contributed by atoms with Crippen LogP contribution in [0.5, 0.6) is 5.75 Å². The zero-order chi connectivity index (χ0) is 29.6. The van der Waals surface area contributed by atoms with Crippen LogP contribution in [0.1, 0.15) is 55.6 Å². The van der Waals surface area contributed by atoms with Crippen LogP contribution < -0.4 is 33.0 Å². The predicted molar refractivity (Wildman–Crippen MR) is 155 cm³/mol. The Morgan fingerprint density at radius 1 is 1.12 bits per heavy atom. The number of phenolic OH excluding ortho intramolecular Hbond substituents is 1. The highest BCUT2D eigenvalue weighted by Crippen LogP contribution is 2.24. The smallest absolute Gasteiger partial charge is 0.294 e. The number of rotatable bonds is 11. The molecule has 0 aliphatic heterocycles. The van der Waals surface area contributed by atoms with Crippen molar-refractivity contribution < 1.29 is 14.7 Å². The highest BCUT2D eigenvalue weighted by atomic mass is 16.3. The number of nitrogens with zero attached hydrogens (tertiary/aromatic N) is 2. The van der Waals surface area contributed by atoms with Crippen molar-refractivity contribution in [2.24, 2.45) is 5.73 Å². The Kier molecular flexibility index (Phi) is 9.49. The monoisotopic (exact) mass is 548 g/mol. The van der Waals surface area contributed by atoms with E-state index in [1.54, 1.807) is 30.3 Å². The molecule has 0 bridgehead atoms. The highest BCUT2D eigenvalue weighted by molar-refractivity contribution is 5.97. The molecule has 0 spiro atoms. The van der Waals surface area contributed by atoms with Crippen molar-refractivity contribution in [3.63, 3.8) is 0 Å². The summed E-state index contributed by atoms with van der Waals surface area (Å²) < 4.78 is 1.26. The van der Waals surface area contributed by atoms with E-state index in [2.05, 4.69) is 20.9 Å². The predicted octanol–water partition coefficient (Wildman–Crippen LogP) is 2.15. The first-order chi connectivity index (χ1) is 18.9. The first-order valence-electron chi connectivity index (χ1n) is 12.9. The summed E-state index contributed by atoms with van der Waals surface area (Å²) >= 11 is 0. The van der Waals surface area contributed by atoms with Gasteiger partial charge in [0.2, 0.25) is 5.91 Å². The number of aromatic hydroxyl groups is 1. The van der Waals surface area contributed by atoms with Gasteiger partial charge < -0.3 is 32.5 Å². The van der Waals surface area contributed by atoms with Gasteiger partial charge in [-0.15, -0.1) is 0 Å². The SMILES string of the molecule is CC[C@H](C)NC(=O)c1cc(N)cc(-c2cnc(NC(C)C)c(=O)n2CC(=O)NCc2ccc(C(=N)N)cc2O)c1. The molecule has 0 radical (unpaired) electrons. The molecule has 2 aromatic carbocycles. The van der Waals surface area contributed by atoms with Gasteiger partial charge in [0.25, 0.3) is 11.5 Å². The second kappa shape index (κ2) is 12.8. The molecule has 1 heterocycles. The largest absolute Gasteiger partial charge is 0.508 e. The Morgan fingerprint density at radius 2 is 1.85 bits per heavy atom. The molecule has 0 saturated carbocycles. The molecule has 0 fully saturated rings. The molecule has 2 amide bonds. The Balaban J connectivity index is 1.95. The molecule has 40 heavy (non-hydrogen) atoms. The van der Waals surface area contributed by atoms with Gasteiger partial charge in [0.1, 0.15) is 18.1 Å². The van der Waals surface area contributed by atoms with Crippen molar-refractivity contribution in [1.82, 2.24) is 20.2 Å². The number of benzene rings is 2. The fourth-order valence-electron chi connectivity index (χ4n) is 3.86. The van der Waals surface area contributed by atoms with Gasteiger partial charge in [-0.05, 0) is 51.5 Å². The molecular weight excluding hydrogens is 512 g/mol. The quantitative estimate of drug-likeness (QED) is 0.107. The van der Waals surface area contributed by atoms with Crippen molar-refractivity contribution in [2.45, 2.75) is 59.3 Å². The minimum atomic E-state index is -0.525. The summed E-state index contributed by atoms with van der Waals surface area (Å²) in [5.74, 6) is -1.05. The van der Waals surface area contributed by atoms with Crippen molar-refractivity contribution >= 4 is 29.2 Å². The average Bonchev–Trinajstić information content (AvgIpc) is 2.89. The van der Waals surface area contributed by atoms with Crippen molar-refractivity contribution in [3.05, 3.63) is 69.6 Å². The summed E-state index contributed by atoms with van der Waals surface area (Å²) in [5, 5.41) is 26.3. The number of anilines is 2. The lowest BCUT2D eigenvalue weighted by Gasteiger charge is -2.17. The Labute approximate surface area is 232 Å². The van der Waals surface area contributed by atoms with Gasteiger partial charge in [0, 0.05) is 46.6 Å². The fraction of sp³-hybridized carbons (Fsp3) is 0.321. The van der Waals surface area contributed by atoms with Gasteiger partial charge in [-0.2, -0.15) is 0 Å². The van der Waals surface area contributed by atoms with E-state index in [1.807, 2.05) is 27.7 Å². The standard InChI is InChI=1S/C28H36N8O4/c1-5-16(4)35-27(39)20-8-19(9-21(29)10-20)22-13-33-26(34-15(2)3)28(40)36(22)14-24(38)32-12-18-7-6-17(25(30)31)11-23(18)37/h6-11,13,15-16,37H,5,12,14,29H2,1-4H3,(H3,30,31)(H,32,38)(H,33,34)(H,35,39)/t16-/m0/s1. The molecule has 3 aromatic rings. The lowest BCUT2D eigenvalue weighted by atomic mass is 10.1. The molecule has 1 atom stereocenters. The molecule has 12 nitrogen and oxygen atoms in total. The molecule has 0 aliphatic rings. The van der Waals surface area contributed by atoms with Crippen molar-refractivity contribution in [3.8, 4) is 17.0 Å². The molecule has 212 valence electrons.